The molecular formula is C11H14N2O. The van der Waals surface area contributed by atoms with Crippen molar-refractivity contribution in [3.63, 3.8) is 0 Å². The monoisotopic (exact) mass is 190 g/mol. The molecule has 1 aromatic carbocycles. The van der Waals surface area contributed by atoms with Gasteiger partial charge in [0.2, 0.25) is 0 Å². The molecule has 0 atom stereocenters. The Hall–Kier alpha value is -1.77. The van der Waals surface area contributed by atoms with E-state index in [9.17, 15) is 0 Å². The summed E-state index contributed by atoms with van der Waals surface area (Å²) in [5.41, 5.74) is 2.00. The lowest BCUT2D eigenvalue weighted by molar-refractivity contribution is 0.416. The van der Waals surface area contributed by atoms with Crippen molar-refractivity contribution in [2.24, 2.45) is 4.99 Å². The Morgan fingerprint density at radius 1 is 1.50 bits per heavy atom. The molecular weight excluding hydrogens is 176 g/mol. The number of ether oxygens (including phenoxy) is 1. The van der Waals surface area contributed by atoms with E-state index >= 15 is 0 Å². The van der Waals surface area contributed by atoms with E-state index < -0.39 is 0 Å². The van der Waals surface area contributed by atoms with Crippen LogP contribution in [-0.2, 0) is 0 Å². The van der Waals surface area contributed by atoms with Gasteiger partial charge in [0.05, 0.1) is 12.8 Å². The number of anilines is 1. The molecule has 0 saturated carbocycles. The van der Waals surface area contributed by atoms with E-state index in [2.05, 4.69) is 23.6 Å². The Bertz CT molecular complexity index is 358. The number of rotatable bonds is 4. The third-order valence-electron chi connectivity index (χ3n) is 1.82. The summed E-state index contributed by atoms with van der Waals surface area (Å²) in [7, 11) is 1.62. The normalized spacial score (nSPS) is 9.29. The summed E-state index contributed by atoms with van der Waals surface area (Å²) >= 11 is 0. The van der Waals surface area contributed by atoms with Crippen molar-refractivity contribution in [2.45, 2.75) is 6.92 Å². The SMILES string of the molecule is C=NC(=C)Nc1cc(C)ccc1OC. The van der Waals surface area contributed by atoms with E-state index in [1.807, 2.05) is 25.1 Å². The number of aryl methyl sites for hydroxylation is 1. The van der Waals surface area contributed by atoms with E-state index in [0.717, 1.165) is 17.0 Å². The van der Waals surface area contributed by atoms with Crippen molar-refractivity contribution in [3.05, 3.63) is 36.2 Å². The van der Waals surface area contributed by atoms with Crippen molar-refractivity contribution in [1.29, 1.82) is 0 Å². The molecule has 0 aliphatic heterocycles. The highest BCUT2D eigenvalue weighted by Gasteiger charge is 2.02. The molecule has 0 unspecified atom stereocenters. The number of hydrogen-bond donors (Lipinski definition) is 1. The highest BCUT2D eigenvalue weighted by molar-refractivity contribution is 5.60. The number of aliphatic imine (C=N–C) groups is 1. The maximum absolute atomic E-state index is 5.18. The molecule has 3 nitrogen and oxygen atoms in total. The summed E-state index contributed by atoms with van der Waals surface area (Å²) in [5, 5.41) is 3.00. The van der Waals surface area contributed by atoms with Crippen LogP contribution in [0.25, 0.3) is 0 Å². The van der Waals surface area contributed by atoms with Gasteiger partial charge in [0.1, 0.15) is 11.6 Å². The molecule has 1 aromatic rings. The number of hydrogen-bond acceptors (Lipinski definition) is 3. The molecule has 74 valence electrons. The molecule has 0 radical (unpaired) electrons. The third-order valence-corrected chi connectivity index (χ3v) is 1.82. The van der Waals surface area contributed by atoms with Gasteiger partial charge in [-0.25, -0.2) is 4.99 Å². The standard InChI is InChI=1S/C11H14N2O/c1-8-5-6-11(14-4)10(7-8)13-9(2)12-3/h5-7,13H,2-3H2,1,4H3. The predicted octanol–water partition coefficient (Wildman–Crippen LogP) is 2.59. The average Bonchev–Trinajstić information content (AvgIpc) is 2.18. The van der Waals surface area contributed by atoms with Crippen LogP contribution >= 0.6 is 0 Å². The summed E-state index contributed by atoms with van der Waals surface area (Å²) in [5.74, 6) is 1.27. The van der Waals surface area contributed by atoms with Crippen molar-refractivity contribution >= 4 is 12.4 Å². The minimum Gasteiger partial charge on any atom is -0.495 e. The molecule has 0 spiro atoms. The first-order chi connectivity index (χ1) is 6.67. The molecule has 14 heavy (non-hydrogen) atoms. The molecule has 3 heteroatoms. The molecule has 0 aromatic heterocycles. The third kappa shape index (κ3) is 2.36. The van der Waals surface area contributed by atoms with Gasteiger partial charge in [-0.1, -0.05) is 12.6 Å². The Morgan fingerprint density at radius 3 is 2.79 bits per heavy atom. The number of methoxy groups -OCH3 is 1. The number of nitrogens with one attached hydrogen (secondary N) is 1. The number of nitrogens with zero attached hydrogens (tertiary/aromatic N) is 1. The average molecular weight is 190 g/mol. The number of benzene rings is 1. The van der Waals surface area contributed by atoms with E-state index in [1.54, 1.807) is 7.11 Å². The maximum atomic E-state index is 5.18. The zero-order valence-electron chi connectivity index (χ0n) is 8.50. The fourth-order valence-corrected chi connectivity index (χ4v) is 1.11. The first-order valence-electron chi connectivity index (χ1n) is 4.24. The van der Waals surface area contributed by atoms with Gasteiger partial charge in [0, 0.05) is 0 Å². The Balaban J connectivity index is 2.98. The lowest BCUT2D eigenvalue weighted by Gasteiger charge is -2.10. The summed E-state index contributed by atoms with van der Waals surface area (Å²) in [4.78, 5) is 3.68. The molecule has 1 rings (SSSR count). The molecule has 0 amide bonds. The van der Waals surface area contributed by atoms with Crippen LogP contribution in [0.1, 0.15) is 5.56 Å². The first kappa shape index (κ1) is 10.3. The van der Waals surface area contributed by atoms with Gasteiger partial charge in [-0.2, -0.15) is 0 Å². The van der Waals surface area contributed by atoms with Crippen LogP contribution in [0.2, 0.25) is 0 Å². The van der Waals surface area contributed by atoms with Crippen LogP contribution in [0, 0.1) is 6.92 Å². The minimum atomic E-state index is 0.508. The van der Waals surface area contributed by atoms with Crippen molar-refractivity contribution in [2.75, 3.05) is 12.4 Å². The smallest absolute Gasteiger partial charge is 0.142 e. The molecule has 0 aliphatic rings. The molecule has 0 aliphatic carbocycles. The van der Waals surface area contributed by atoms with Gasteiger partial charge < -0.3 is 10.1 Å². The largest absolute Gasteiger partial charge is 0.495 e. The zero-order valence-corrected chi connectivity index (χ0v) is 8.50. The van der Waals surface area contributed by atoms with Gasteiger partial charge >= 0.3 is 0 Å². The first-order valence-corrected chi connectivity index (χ1v) is 4.24. The Kier molecular flexibility index (Phi) is 3.29. The Morgan fingerprint density at radius 2 is 2.21 bits per heavy atom. The lowest BCUT2D eigenvalue weighted by atomic mass is 10.2. The highest BCUT2D eigenvalue weighted by Crippen LogP contribution is 2.26. The molecule has 0 bridgehead atoms. The maximum Gasteiger partial charge on any atom is 0.142 e. The van der Waals surface area contributed by atoms with E-state index in [1.165, 1.54) is 0 Å². The Labute approximate surface area is 84.1 Å². The molecule has 0 heterocycles. The summed E-state index contributed by atoms with van der Waals surface area (Å²) in [6.07, 6.45) is 0. The van der Waals surface area contributed by atoms with Crippen LogP contribution < -0.4 is 10.1 Å². The predicted molar refractivity (Wildman–Crippen MR) is 60.0 cm³/mol. The summed E-state index contributed by atoms with van der Waals surface area (Å²) in [6.45, 7) is 9.07. The summed E-state index contributed by atoms with van der Waals surface area (Å²) < 4.78 is 5.18. The second-order valence-corrected chi connectivity index (χ2v) is 2.93. The van der Waals surface area contributed by atoms with Crippen molar-refractivity contribution < 1.29 is 4.74 Å². The van der Waals surface area contributed by atoms with E-state index in [0.29, 0.717) is 5.82 Å². The van der Waals surface area contributed by atoms with Crippen LogP contribution in [0.3, 0.4) is 0 Å². The fraction of sp³-hybridized carbons (Fsp3) is 0.182. The molecule has 0 fully saturated rings. The second kappa shape index (κ2) is 4.46. The van der Waals surface area contributed by atoms with Crippen LogP contribution in [-0.4, -0.2) is 13.8 Å². The zero-order chi connectivity index (χ0) is 10.6. The van der Waals surface area contributed by atoms with Crippen LogP contribution in [0.4, 0.5) is 5.69 Å². The quantitative estimate of drug-likeness (QED) is 0.740. The van der Waals surface area contributed by atoms with E-state index in [-0.39, 0.29) is 0 Å². The van der Waals surface area contributed by atoms with E-state index in [4.69, 9.17) is 4.74 Å². The highest BCUT2D eigenvalue weighted by atomic mass is 16.5. The van der Waals surface area contributed by atoms with Crippen molar-refractivity contribution in [3.8, 4) is 5.75 Å². The molecule has 1 N–H and O–H groups in total. The topological polar surface area (TPSA) is 33.6 Å². The fourth-order valence-electron chi connectivity index (χ4n) is 1.11. The second-order valence-electron chi connectivity index (χ2n) is 2.93. The van der Waals surface area contributed by atoms with Crippen LogP contribution in [0.5, 0.6) is 5.75 Å². The molecule has 0 saturated heterocycles. The van der Waals surface area contributed by atoms with Crippen LogP contribution in [0.15, 0.2) is 35.6 Å². The van der Waals surface area contributed by atoms with Gasteiger partial charge in [-0.05, 0) is 31.3 Å². The van der Waals surface area contributed by atoms with Crippen molar-refractivity contribution in [1.82, 2.24) is 0 Å². The lowest BCUT2D eigenvalue weighted by Crippen LogP contribution is -1.98. The summed E-state index contributed by atoms with van der Waals surface area (Å²) in [6, 6.07) is 5.84. The van der Waals surface area contributed by atoms with Gasteiger partial charge in [0.25, 0.3) is 0 Å². The minimum absolute atomic E-state index is 0.508. The van der Waals surface area contributed by atoms with Gasteiger partial charge in [-0.15, -0.1) is 0 Å². The van der Waals surface area contributed by atoms with Gasteiger partial charge in [-0.3, -0.25) is 0 Å². The van der Waals surface area contributed by atoms with Gasteiger partial charge in [0.15, 0.2) is 0 Å².